The standard InChI is InChI=1S/C14H18N2O3/c1-2-19-11-5-4-10-8-13(16-12(10)9-11)14(18)15-6-3-7-17/h4-5,8-9,16-17H,2-3,6-7H2,1H3,(H,15,18). The average molecular weight is 262 g/mol. The number of hydrogen-bond acceptors (Lipinski definition) is 3. The number of carbonyl (C=O) groups excluding carboxylic acids is 1. The van der Waals surface area contributed by atoms with Crippen molar-refractivity contribution in [2.75, 3.05) is 19.8 Å². The molecule has 102 valence electrons. The highest BCUT2D eigenvalue weighted by Crippen LogP contribution is 2.21. The van der Waals surface area contributed by atoms with Gasteiger partial charge in [0.15, 0.2) is 0 Å². The van der Waals surface area contributed by atoms with Crippen molar-refractivity contribution >= 4 is 16.8 Å². The Morgan fingerprint density at radius 2 is 2.26 bits per heavy atom. The molecule has 0 saturated carbocycles. The van der Waals surface area contributed by atoms with Gasteiger partial charge in [-0.25, -0.2) is 0 Å². The predicted molar refractivity (Wildman–Crippen MR) is 73.5 cm³/mol. The van der Waals surface area contributed by atoms with Gasteiger partial charge in [0, 0.05) is 30.1 Å². The summed E-state index contributed by atoms with van der Waals surface area (Å²) in [4.78, 5) is 14.9. The van der Waals surface area contributed by atoms with Gasteiger partial charge in [0.05, 0.1) is 6.61 Å². The maximum Gasteiger partial charge on any atom is 0.267 e. The maximum atomic E-state index is 11.8. The molecule has 5 heteroatoms. The lowest BCUT2D eigenvalue weighted by Gasteiger charge is -2.02. The Morgan fingerprint density at radius 3 is 3.00 bits per heavy atom. The van der Waals surface area contributed by atoms with E-state index in [4.69, 9.17) is 9.84 Å². The first kappa shape index (κ1) is 13.4. The molecular formula is C14H18N2O3. The highest BCUT2D eigenvalue weighted by molar-refractivity contribution is 5.98. The molecule has 19 heavy (non-hydrogen) atoms. The zero-order valence-electron chi connectivity index (χ0n) is 10.9. The Bertz CT molecular complexity index is 563. The Kier molecular flexibility index (Phi) is 4.41. The fourth-order valence-electron chi connectivity index (χ4n) is 1.86. The van der Waals surface area contributed by atoms with Crippen molar-refractivity contribution in [1.29, 1.82) is 0 Å². The summed E-state index contributed by atoms with van der Waals surface area (Å²) in [6.45, 7) is 3.08. The van der Waals surface area contributed by atoms with E-state index in [1.807, 2.05) is 25.1 Å². The van der Waals surface area contributed by atoms with E-state index >= 15 is 0 Å². The van der Waals surface area contributed by atoms with E-state index in [1.165, 1.54) is 0 Å². The first-order valence-electron chi connectivity index (χ1n) is 6.39. The fraction of sp³-hybridized carbons (Fsp3) is 0.357. The Balaban J connectivity index is 2.14. The molecule has 0 unspecified atom stereocenters. The first-order valence-corrected chi connectivity index (χ1v) is 6.39. The minimum atomic E-state index is -0.164. The lowest BCUT2D eigenvalue weighted by atomic mass is 10.2. The molecule has 1 aromatic carbocycles. The smallest absolute Gasteiger partial charge is 0.267 e. The predicted octanol–water partition coefficient (Wildman–Crippen LogP) is 1.68. The van der Waals surface area contributed by atoms with E-state index in [0.29, 0.717) is 25.3 Å². The zero-order chi connectivity index (χ0) is 13.7. The number of benzene rings is 1. The van der Waals surface area contributed by atoms with Gasteiger partial charge in [-0.3, -0.25) is 4.79 Å². The van der Waals surface area contributed by atoms with Crippen molar-refractivity contribution in [2.24, 2.45) is 0 Å². The third kappa shape index (κ3) is 3.26. The number of amides is 1. The second-order valence-electron chi connectivity index (χ2n) is 4.20. The van der Waals surface area contributed by atoms with Gasteiger partial charge in [-0.15, -0.1) is 0 Å². The van der Waals surface area contributed by atoms with Gasteiger partial charge in [-0.1, -0.05) is 0 Å². The molecule has 0 atom stereocenters. The normalized spacial score (nSPS) is 10.6. The van der Waals surface area contributed by atoms with Crippen LogP contribution in [0, 0.1) is 0 Å². The molecule has 1 aromatic heterocycles. The van der Waals surface area contributed by atoms with Gasteiger partial charge in [0.1, 0.15) is 11.4 Å². The van der Waals surface area contributed by atoms with Crippen molar-refractivity contribution in [1.82, 2.24) is 10.3 Å². The number of fused-ring (bicyclic) bond motifs is 1. The molecule has 0 fully saturated rings. The largest absolute Gasteiger partial charge is 0.494 e. The number of aromatic nitrogens is 1. The summed E-state index contributed by atoms with van der Waals surface area (Å²) >= 11 is 0. The quantitative estimate of drug-likeness (QED) is 0.693. The topological polar surface area (TPSA) is 74.3 Å². The SMILES string of the molecule is CCOc1ccc2cc(C(=O)NCCCO)[nH]c2c1. The molecule has 1 amide bonds. The highest BCUT2D eigenvalue weighted by atomic mass is 16.5. The lowest BCUT2D eigenvalue weighted by molar-refractivity contribution is 0.0947. The summed E-state index contributed by atoms with van der Waals surface area (Å²) in [5.74, 6) is 0.617. The Morgan fingerprint density at radius 1 is 1.42 bits per heavy atom. The molecule has 0 radical (unpaired) electrons. The molecule has 5 nitrogen and oxygen atoms in total. The van der Waals surface area contributed by atoms with E-state index in [1.54, 1.807) is 6.07 Å². The van der Waals surface area contributed by atoms with Crippen LogP contribution >= 0.6 is 0 Å². The number of carbonyl (C=O) groups is 1. The van der Waals surface area contributed by atoms with Crippen LogP contribution in [0.4, 0.5) is 0 Å². The van der Waals surface area contributed by atoms with Gasteiger partial charge in [-0.2, -0.15) is 0 Å². The van der Waals surface area contributed by atoms with Crippen molar-refractivity contribution in [3.05, 3.63) is 30.0 Å². The van der Waals surface area contributed by atoms with Crippen molar-refractivity contribution < 1.29 is 14.6 Å². The van der Waals surface area contributed by atoms with E-state index in [-0.39, 0.29) is 12.5 Å². The van der Waals surface area contributed by atoms with Crippen molar-refractivity contribution in [3.63, 3.8) is 0 Å². The van der Waals surface area contributed by atoms with Crippen LogP contribution in [0.25, 0.3) is 10.9 Å². The summed E-state index contributed by atoms with van der Waals surface area (Å²) in [5.41, 5.74) is 1.39. The number of aromatic amines is 1. The van der Waals surface area contributed by atoms with Crippen LogP contribution in [-0.2, 0) is 0 Å². The molecule has 0 aliphatic carbocycles. The molecular weight excluding hydrogens is 244 g/mol. The van der Waals surface area contributed by atoms with E-state index < -0.39 is 0 Å². The third-order valence-electron chi connectivity index (χ3n) is 2.77. The highest BCUT2D eigenvalue weighted by Gasteiger charge is 2.09. The molecule has 0 spiro atoms. The number of hydrogen-bond donors (Lipinski definition) is 3. The molecule has 0 saturated heterocycles. The van der Waals surface area contributed by atoms with Crippen molar-refractivity contribution in [3.8, 4) is 5.75 Å². The number of rotatable bonds is 6. The van der Waals surface area contributed by atoms with Crippen LogP contribution < -0.4 is 10.1 Å². The summed E-state index contributed by atoms with van der Waals surface area (Å²) in [6, 6.07) is 7.48. The van der Waals surface area contributed by atoms with E-state index in [9.17, 15) is 4.79 Å². The van der Waals surface area contributed by atoms with Crippen LogP contribution in [-0.4, -0.2) is 35.8 Å². The summed E-state index contributed by atoms with van der Waals surface area (Å²) in [7, 11) is 0. The van der Waals surface area contributed by atoms with Gasteiger partial charge in [0.25, 0.3) is 5.91 Å². The third-order valence-corrected chi connectivity index (χ3v) is 2.77. The summed E-state index contributed by atoms with van der Waals surface area (Å²) in [6.07, 6.45) is 0.556. The van der Waals surface area contributed by atoms with Crippen LogP contribution in [0.1, 0.15) is 23.8 Å². The van der Waals surface area contributed by atoms with Gasteiger partial charge in [-0.05, 0) is 31.5 Å². The molecule has 1 heterocycles. The van der Waals surface area contributed by atoms with Crippen LogP contribution in [0.2, 0.25) is 0 Å². The van der Waals surface area contributed by atoms with E-state index in [2.05, 4.69) is 10.3 Å². The number of nitrogens with one attached hydrogen (secondary N) is 2. The molecule has 3 N–H and O–H groups in total. The minimum absolute atomic E-state index is 0.0741. The monoisotopic (exact) mass is 262 g/mol. The second-order valence-corrected chi connectivity index (χ2v) is 4.20. The number of H-pyrrole nitrogens is 1. The molecule has 0 bridgehead atoms. The molecule has 0 aliphatic rings. The minimum Gasteiger partial charge on any atom is -0.494 e. The van der Waals surface area contributed by atoms with Crippen molar-refractivity contribution in [2.45, 2.75) is 13.3 Å². The summed E-state index contributed by atoms with van der Waals surface area (Å²) in [5, 5.41) is 12.4. The molecule has 2 rings (SSSR count). The van der Waals surface area contributed by atoms with E-state index in [0.717, 1.165) is 16.7 Å². The van der Waals surface area contributed by atoms with Gasteiger partial charge < -0.3 is 20.1 Å². The van der Waals surface area contributed by atoms with Gasteiger partial charge in [0.2, 0.25) is 0 Å². The lowest BCUT2D eigenvalue weighted by Crippen LogP contribution is -2.25. The zero-order valence-corrected chi connectivity index (χ0v) is 10.9. The number of ether oxygens (including phenoxy) is 1. The number of aliphatic hydroxyl groups is 1. The van der Waals surface area contributed by atoms with Crippen LogP contribution in [0.5, 0.6) is 5.75 Å². The van der Waals surface area contributed by atoms with Crippen LogP contribution in [0.15, 0.2) is 24.3 Å². The molecule has 0 aliphatic heterocycles. The maximum absolute atomic E-state index is 11.8. The first-order chi connectivity index (χ1) is 9.24. The Labute approximate surface area is 111 Å². The summed E-state index contributed by atoms with van der Waals surface area (Å²) < 4.78 is 5.41. The fourth-order valence-corrected chi connectivity index (χ4v) is 1.86. The average Bonchev–Trinajstić information content (AvgIpc) is 2.82. The van der Waals surface area contributed by atoms with Gasteiger partial charge >= 0.3 is 0 Å². The Hall–Kier alpha value is -2.01. The number of aliphatic hydroxyl groups excluding tert-OH is 1. The molecule has 2 aromatic rings. The van der Waals surface area contributed by atoms with Crippen LogP contribution in [0.3, 0.4) is 0 Å². The second kappa shape index (κ2) is 6.24.